The van der Waals surface area contributed by atoms with E-state index in [-0.39, 0.29) is 0 Å². The van der Waals surface area contributed by atoms with E-state index in [1.807, 2.05) is 0 Å². The zero-order valence-electron chi connectivity index (χ0n) is 8.90. The summed E-state index contributed by atoms with van der Waals surface area (Å²) in [7, 11) is 1.50. The highest BCUT2D eigenvalue weighted by Crippen LogP contribution is 2.35. The van der Waals surface area contributed by atoms with Gasteiger partial charge in [0, 0.05) is 0 Å². The van der Waals surface area contributed by atoms with Crippen LogP contribution in [0.4, 0.5) is 0 Å². The van der Waals surface area contributed by atoms with Crippen LogP contribution in [0.15, 0.2) is 48.5 Å². The van der Waals surface area contributed by atoms with E-state index in [1.165, 1.54) is 29.3 Å². The van der Waals surface area contributed by atoms with Crippen molar-refractivity contribution in [3.8, 4) is 11.1 Å². The van der Waals surface area contributed by atoms with E-state index in [9.17, 15) is 0 Å². The van der Waals surface area contributed by atoms with E-state index in [2.05, 4.69) is 54.3 Å². The number of hydrogen-bond acceptors (Lipinski definition) is 1. The maximum atomic E-state index is 4.50. The fourth-order valence-electron chi connectivity index (χ4n) is 2.08. The predicted octanol–water partition coefficient (Wildman–Crippen LogP) is 2.83. The van der Waals surface area contributed by atoms with Gasteiger partial charge in [-0.25, -0.2) is 0 Å². The van der Waals surface area contributed by atoms with Crippen LogP contribution in [-0.2, 0) is 6.42 Å². The molecule has 0 saturated carbocycles. The largest absolute Gasteiger partial charge is 0.333 e. The first-order valence-electron chi connectivity index (χ1n) is 5.19. The Morgan fingerprint density at radius 1 is 0.733 bits per heavy atom. The molecule has 2 N–H and O–H groups in total. The van der Waals surface area contributed by atoms with E-state index in [1.54, 1.807) is 0 Å². The molecule has 0 unspecified atom stereocenters. The molecule has 15 heavy (non-hydrogen) atoms. The minimum absolute atomic E-state index is 1.10. The highest BCUT2D eigenvalue weighted by Gasteiger charge is 2.15. The smallest absolute Gasteiger partial charge is 0.00135 e. The third kappa shape index (κ3) is 1.66. The lowest BCUT2D eigenvalue weighted by Crippen LogP contribution is -1.77. The van der Waals surface area contributed by atoms with Gasteiger partial charge in [-0.1, -0.05) is 48.5 Å². The van der Waals surface area contributed by atoms with Gasteiger partial charge < -0.3 is 5.73 Å². The standard InChI is InChI=1S/C13H10.CH5N/c1-3-7-12-10(5-1)9-11-6-2-4-8-13(11)12;1-2/h1-8H,9H2;2H2,1H3. The highest BCUT2D eigenvalue weighted by atomic mass is 14.4. The van der Waals surface area contributed by atoms with Crippen LogP contribution >= 0.6 is 0 Å². The van der Waals surface area contributed by atoms with Crippen molar-refractivity contribution in [2.45, 2.75) is 6.42 Å². The Bertz CT molecular complexity index is 417. The number of benzene rings is 2. The van der Waals surface area contributed by atoms with Gasteiger partial charge in [0.05, 0.1) is 0 Å². The summed E-state index contributed by atoms with van der Waals surface area (Å²) in [5.74, 6) is 0. The van der Waals surface area contributed by atoms with Crippen molar-refractivity contribution in [3.63, 3.8) is 0 Å². The zero-order chi connectivity index (χ0) is 10.7. The van der Waals surface area contributed by atoms with E-state index in [0.29, 0.717) is 0 Å². The van der Waals surface area contributed by atoms with Gasteiger partial charge in [-0.3, -0.25) is 0 Å². The van der Waals surface area contributed by atoms with Gasteiger partial charge in [-0.15, -0.1) is 0 Å². The fourth-order valence-corrected chi connectivity index (χ4v) is 2.08. The summed E-state index contributed by atoms with van der Waals surface area (Å²) in [6, 6.07) is 17.3. The third-order valence-electron chi connectivity index (χ3n) is 2.71. The summed E-state index contributed by atoms with van der Waals surface area (Å²) in [5, 5.41) is 0. The van der Waals surface area contributed by atoms with Crippen LogP contribution in [0.2, 0.25) is 0 Å². The lowest BCUT2D eigenvalue weighted by Gasteiger charge is -1.98. The van der Waals surface area contributed by atoms with Crippen molar-refractivity contribution in [3.05, 3.63) is 59.7 Å². The van der Waals surface area contributed by atoms with Gasteiger partial charge in [0.25, 0.3) is 0 Å². The first-order valence-corrected chi connectivity index (χ1v) is 5.19. The zero-order valence-corrected chi connectivity index (χ0v) is 8.90. The maximum Gasteiger partial charge on any atom is -0.00135 e. The molecule has 1 aliphatic rings. The topological polar surface area (TPSA) is 26.0 Å². The summed E-state index contributed by atoms with van der Waals surface area (Å²) in [6.07, 6.45) is 1.10. The maximum absolute atomic E-state index is 4.50. The molecule has 3 rings (SSSR count). The third-order valence-corrected chi connectivity index (χ3v) is 2.71. The Hall–Kier alpha value is -1.60. The number of rotatable bonds is 0. The molecule has 0 atom stereocenters. The summed E-state index contributed by atoms with van der Waals surface area (Å²) in [4.78, 5) is 0. The Morgan fingerprint density at radius 3 is 1.60 bits per heavy atom. The van der Waals surface area contributed by atoms with Gasteiger partial charge in [0.15, 0.2) is 0 Å². The van der Waals surface area contributed by atoms with Crippen LogP contribution in [0.3, 0.4) is 0 Å². The molecule has 2 aromatic carbocycles. The van der Waals surface area contributed by atoms with Gasteiger partial charge >= 0.3 is 0 Å². The highest BCUT2D eigenvalue weighted by molar-refractivity contribution is 5.76. The second-order valence-corrected chi connectivity index (χ2v) is 3.49. The van der Waals surface area contributed by atoms with Crippen LogP contribution in [-0.4, -0.2) is 7.05 Å². The average molecular weight is 197 g/mol. The molecule has 1 nitrogen and oxygen atoms in total. The van der Waals surface area contributed by atoms with Crippen molar-refractivity contribution in [2.24, 2.45) is 5.73 Å². The number of nitrogens with two attached hydrogens (primary N) is 1. The van der Waals surface area contributed by atoms with Crippen LogP contribution < -0.4 is 5.73 Å². The van der Waals surface area contributed by atoms with Crippen molar-refractivity contribution in [1.29, 1.82) is 0 Å². The molecule has 0 radical (unpaired) electrons. The molecule has 1 heteroatoms. The lowest BCUT2D eigenvalue weighted by atomic mass is 10.1. The first-order chi connectivity index (χ1) is 7.45. The normalized spacial score (nSPS) is 11.1. The molecule has 0 aliphatic heterocycles. The summed E-state index contributed by atoms with van der Waals surface area (Å²) in [5.41, 5.74) is 10.3. The second kappa shape index (κ2) is 4.28. The van der Waals surface area contributed by atoms with Crippen LogP contribution in [0, 0.1) is 0 Å². The van der Waals surface area contributed by atoms with Crippen LogP contribution in [0.1, 0.15) is 11.1 Å². The van der Waals surface area contributed by atoms with Gasteiger partial charge in [0.1, 0.15) is 0 Å². The van der Waals surface area contributed by atoms with Crippen molar-refractivity contribution in [2.75, 3.05) is 7.05 Å². The summed E-state index contributed by atoms with van der Waals surface area (Å²) in [6.45, 7) is 0. The monoisotopic (exact) mass is 197 g/mol. The molecule has 0 fully saturated rings. The molecule has 0 bridgehead atoms. The van der Waals surface area contributed by atoms with Gasteiger partial charge in [-0.2, -0.15) is 0 Å². The Morgan fingerprint density at radius 2 is 1.13 bits per heavy atom. The molecule has 76 valence electrons. The molecule has 1 aliphatic carbocycles. The molecule has 0 spiro atoms. The van der Waals surface area contributed by atoms with E-state index in [4.69, 9.17) is 0 Å². The van der Waals surface area contributed by atoms with Gasteiger partial charge in [-0.05, 0) is 35.7 Å². The molecule has 0 saturated heterocycles. The minimum atomic E-state index is 1.10. The predicted molar refractivity (Wildman–Crippen MR) is 64.8 cm³/mol. The molecular weight excluding hydrogens is 182 g/mol. The van der Waals surface area contributed by atoms with Gasteiger partial charge in [0.2, 0.25) is 0 Å². The summed E-state index contributed by atoms with van der Waals surface area (Å²) >= 11 is 0. The number of fused-ring (bicyclic) bond motifs is 3. The van der Waals surface area contributed by atoms with E-state index < -0.39 is 0 Å². The van der Waals surface area contributed by atoms with Crippen molar-refractivity contribution < 1.29 is 0 Å². The quantitative estimate of drug-likeness (QED) is 0.589. The SMILES string of the molecule is CN.c1ccc2c(c1)Cc1ccccc1-2. The first kappa shape index (κ1) is 9.94. The minimum Gasteiger partial charge on any atom is -0.333 e. The molecular formula is C14H15N. The number of hydrogen-bond donors (Lipinski definition) is 1. The summed E-state index contributed by atoms with van der Waals surface area (Å²) < 4.78 is 0. The van der Waals surface area contributed by atoms with E-state index in [0.717, 1.165) is 6.42 Å². The molecule has 0 amide bonds. The molecule has 0 heterocycles. The fraction of sp³-hybridized carbons (Fsp3) is 0.143. The Balaban J connectivity index is 0.000000404. The Labute approximate surface area is 90.6 Å². The lowest BCUT2D eigenvalue weighted by molar-refractivity contribution is 1.26. The molecule has 2 aromatic rings. The van der Waals surface area contributed by atoms with Crippen LogP contribution in [0.5, 0.6) is 0 Å². The van der Waals surface area contributed by atoms with Crippen LogP contribution in [0.25, 0.3) is 11.1 Å². The van der Waals surface area contributed by atoms with Crippen molar-refractivity contribution >= 4 is 0 Å². The molecule has 0 aromatic heterocycles. The van der Waals surface area contributed by atoms with Crippen molar-refractivity contribution in [1.82, 2.24) is 0 Å². The van der Waals surface area contributed by atoms with E-state index >= 15 is 0 Å². The second-order valence-electron chi connectivity index (χ2n) is 3.49. The Kier molecular flexibility index (Phi) is 2.84. The average Bonchev–Trinajstić information content (AvgIpc) is 2.70.